The zero-order valence-corrected chi connectivity index (χ0v) is 39.5. The predicted molar refractivity (Wildman–Crippen MR) is 253 cm³/mol. The summed E-state index contributed by atoms with van der Waals surface area (Å²) in [6.07, 6.45) is 8.15. The van der Waals surface area contributed by atoms with E-state index in [1.807, 2.05) is 37.5 Å². The van der Waals surface area contributed by atoms with Crippen molar-refractivity contribution in [1.29, 1.82) is 0 Å². The molecular formula is C46H59N15O8. The largest absolute Gasteiger partial charge is 0.491 e. The van der Waals surface area contributed by atoms with Gasteiger partial charge in [-0.2, -0.15) is 10.2 Å². The third kappa shape index (κ3) is 10.0. The summed E-state index contributed by atoms with van der Waals surface area (Å²) in [5, 5.41) is 14.8. The van der Waals surface area contributed by atoms with Gasteiger partial charge in [0.15, 0.2) is 0 Å². The van der Waals surface area contributed by atoms with Crippen molar-refractivity contribution >= 4 is 58.5 Å². The van der Waals surface area contributed by atoms with Gasteiger partial charge in [-0.1, -0.05) is 18.2 Å². The first-order valence-electron chi connectivity index (χ1n) is 22.9. The number of hydrogen-bond acceptors (Lipinski definition) is 14. The van der Waals surface area contributed by atoms with Crippen LogP contribution in [-0.4, -0.2) is 136 Å². The van der Waals surface area contributed by atoms with Gasteiger partial charge in [0, 0.05) is 64.3 Å². The average Bonchev–Trinajstić information content (AvgIpc) is 4.07. The fourth-order valence-corrected chi connectivity index (χ4v) is 9.14. The number of carbonyl (C=O) groups excluding carboxylic acids is 5. The summed E-state index contributed by atoms with van der Waals surface area (Å²) < 4.78 is 19.4. The number of imidazole rings is 2. The maximum absolute atomic E-state index is 13.9. The SMILES string of the molecule is CCn1nc(C)cc1C(=O)Nc1nc2c(n1C/C=C/Cn1c(NC(=O)c3cc(C)nn3CC)nc3cc(C(N)=O)cc(OCCCN4CC5(C4)CN(C(=O)CON)CCO5)c31)C=CC(C)(C(N)=O)C2. The molecule has 69 heavy (non-hydrogen) atoms. The van der Waals surface area contributed by atoms with E-state index in [9.17, 15) is 24.0 Å². The smallest absolute Gasteiger partial charge is 0.276 e. The normalized spacial score (nSPS) is 17.6. The van der Waals surface area contributed by atoms with Crippen LogP contribution in [0.4, 0.5) is 11.9 Å². The number of aromatic nitrogens is 8. The van der Waals surface area contributed by atoms with Gasteiger partial charge >= 0.3 is 0 Å². The highest BCUT2D eigenvalue weighted by Gasteiger charge is 2.47. The third-order valence-corrected chi connectivity index (χ3v) is 12.7. The monoisotopic (exact) mass is 949 g/mol. The molecule has 0 saturated carbocycles. The van der Waals surface area contributed by atoms with E-state index in [-0.39, 0.29) is 56.1 Å². The van der Waals surface area contributed by atoms with E-state index >= 15 is 0 Å². The van der Waals surface area contributed by atoms with Crippen molar-refractivity contribution in [1.82, 2.24) is 48.5 Å². The van der Waals surface area contributed by atoms with Crippen LogP contribution in [0.5, 0.6) is 5.75 Å². The number of likely N-dealkylation sites (tertiary alicyclic amines) is 1. The number of benzene rings is 1. The van der Waals surface area contributed by atoms with E-state index < -0.39 is 34.6 Å². The van der Waals surface area contributed by atoms with Gasteiger partial charge in [-0.25, -0.2) is 15.9 Å². The molecule has 5 amide bonds. The van der Waals surface area contributed by atoms with Gasteiger partial charge in [0.05, 0.1) is 53.5 Å². The van der Waals surface area contributed by atoms with Gasteiger partial charge in [0.2, 0.25) is 23.7 Å². The van der Waals surface area contributed by atoms with Crippen LogP contribution >= 0.6 is 0 Å². The Hall–Kier alpha value is -7.21. The number of primary amides is 2. The van der Waals surface area contributed by atoms with E-state index in [0.29, 0.717) is 110 Å². The summed E-state index contributed by atoms with van der Waals surface area (Å²) in [4.78, 5) is 83.3. The summed E-state index contributed by atoms with van der Waals surface area (Å²) in [5.41, 5.74) is 14.6. The molecule has 2 fully saturated rings. The minimum atomic E-state index is -0.972. The molecule has 1 atom stereocenters. The molecule has 8 N–H and O–H groups in total. The number of allylic oxidation sites excluding steroid dienone is 2. The molecule has 1 unspecified atom stereocenters. The lowest BCUT2D eigenvalue weighted by atomic mass is 9.80. The van der Waals surface area contributed by atoms with Crippen molar-refractivity contribution in [2.75, 3.05) is 63.2 Å². The minimum Gasteiger partial charge on any atom is -0.491 e. The molecule has 23 nitrogen and oxygen atoms in total. The van der Waals surface area contributed by atoms with Crippen LogP contribution in [0.2, 0.25) is 0 Å². The van der Waals surface area contributed by atoms with E-state index in [4.69, 9.17) is 36.8 Å². The Morgan fingerprint density at radius 3 is 2.12 bits per heavy atom. The van der Waals surface area contributed by atoms with Crippen molar-refractivity contribution in [3.63, 3.8) is 0 Å². The molecule has 2 saturated heterocycles. The lowest BCUT2D eigenvalue weighted by molar-refractivity contribution is -0.190. The third-order valence-electron chi connectivity index (χ3n) is 12.7. The second-order valence-corrected chi connectivity index (χ2v) is 17.8. The Kier molecular flexibility index (Phi) is 13.8. The summed E-state index contributed by atoms with van der Waals surface area (Å²) in [5.74, 6) is 3.72. The first kappa shape index (κ1) is 48.3. The highest BCUT2D eigenvalue weighted by molar-refractivity contribution is 6.04. The van der Waals surface area contributed by atoms with E-state index in [1.165, 1.54) is 0 Å². The topological polar surface area (TPSA) is 293 Å². The van der Waals surface area contributed by atoms with Crippen molar-refractivity contribution in [3.8, 4) is 5.75 Å². The maximum atomic E-state index is 13.9. The summed E-state index contributed by atoms with van der Waals surface area (Å²) in [6.45, 7) is 13.9. The Bertz CT molecular complexity index is 2870. The van der Waals surface area contributed by atoms with Gasteiger partial charge in [-0.05, 0) is 71.4 Å². The Morgan fingerprint density at radius 2 is 1.51 bits per heavy atom. The molecule has 1 spiro atoms. The molecule has 366 valence electrons. The minimum absolute atomic E-state index is 0.167. The summed E-state index contributed by atoms with van der Waals surface area (Å²) in [7, 11) is 0. The van der Waals surface area contributed by atoms with Crippen LogP contribution in [0.3, 0.4) is 0 Å². The Labute approximate surface area is 397 Å². The Morgan fingerprint density at radius 1 is 0.870 bits per heavy atom. The van der Waals surface area contributed by atoms with Crippen molar-refractivity contribution < 1.29 is 38.3 Å². The number of fused-ring (bicyclic) bond motifs is 2. The fourth-order valence-electron chi connectivity index (χ4n) is 9.14. The van der Waals surface area contributed by atoms with Crippen LogP contribution < -0.4 is 32.7 Å². The number of nitrogens with zero attached hydrogens (tertiary/aromatic N) is 10. The number of morpholine rings is 1. The number of nitrogens with one attached hydrogen (secondary N) is 2. The first-order valence-corrected chi connectivity index (χ1v) is 22.9. The molecule has 1 aromatic carbocycles. The fraction of sp³-hybridized carbons (Fsp3) is 0.457. The number of nitrogens with two attached hydrogens (primary N) is 3. The van der Waals surface area contributed by atoms with Gasteiger partial charge in [0.1, 0.15) is 34.9 Å². The van der Waals surface area contributed by atoms with Crippen molar-refractivity contribution in [2.45, 2.75) is 79.2 Å². The zero-order valence-electron chi connectivity index (χ0n) is 39.5. The van der Waals surface area contributed by atoms with E-state index in [0.717, 1.165) is 0 Å². The van der Waals surface area contributed by atoms with Crippen molar-refractivity contribution in [3.05, 3.63) is 82.2 Å². The van der Waals surface area contributed by atoms with Crippen molar-refractivity contribution in [2.24, 2.45) is 22.8 Å². The van der Waals surface area contributed by atoms with Gasteiger partial charge < -0.3 is 35.0 Å². The molecule has 8 rings (SSSR count). The number of anilines is 2. The number of hydrogen-bond donors (Lipinski definition) is 5. The summed E-state index contributed by atoms with van der Waals surface area (Å²) >= 11 is 0. The number of ether oxygens (including phenoxy) is 2. The van der Waals surface area contributed by atoms with Gasteiger partial charge in [0.25, 0.3) is 17.7 Å². The van der Waals surface area contributed by atoms with Crippen LogP contribution in [-0.2, 0) is 51.8 Å². The van der Waals surface area contributed by atoms with Crippen LogP contribution in [0.25, 0.3) is 17.1 Å². The average molecular weight is 950 g/mol. The zero-order chi connectivity index (χ0) is 49.2. The first-order chi connectivity index (χ1) is 33.0. The Balaban J connectivity index is 1.06. The molecule has 0 bridgehead atoms. The maximum Gasteiger partial charge on any atom is 0.276 e. The second-order valence-electron chi connectivity index (χ2n) is 17.8. The summed E-state index contributed by atoms with van der Waals surface area (Å²) in [6, 6.07) is 6.53. The van der Waals surface area contributed by atoms with Crippen LogP contribution in [0.1, 0.15) is 81.3 Å². The predicted octanol–water partition coefficient (Wildman–Crippen LogP) is 1.78. The number of amides is 5. The molecule has 3 aliphatic rings. The van der Waals surface area contributed by atoms with E-state index in [1.54, 1.807) is 69.1 Å². The van der Waals surface area contributed by atoms with Crippen LogP contribution in [0.15, 0.2) is 42.5 Å². The van der Waals surface area contributed by atoms with Crippen LogP contribution in [0, 0.1) is 19.3 Å². The molecule has 4 aromatic heterocycles. The highest BCUT2D eigenvalue weighted by Crippen LogP contribution is 2.35. The lowest BCUT2D eigenvalue weighted by Crippen LogP contribution is -2.70. The molecule has 23 heteroatoms. The molecular weight excluding hydrogens is 891 g/mol. The standard InChI is InChI=1S/C46H59N15O8/c1-6-60-34(19-28(3)54-60)40(64)52-43-51-32-23-45(5,42(48)66)12-11-33(32)58(43)14-8-9-15-59-38-31(50-44(59)53-41(65)35-20-29(4)55-61(35)7-2)21-30(39(47)63)22-36(38)67-17-10-13-56-25-46(26-56)27-57(16-18-68-46)37(62)24-69-49/h8-9,11-12,19-22H,6-7,10,13-18,23-27,49H2,1-5H3,(H2,47,63)(H2,48,66)(H,50,53,65)(H,51,52,64)/b9-8+. The van der Waals surface area contributed by atoms with E-state index in [2.05, 4.69) is 30.6 Å². The second kappa shape index (κ2) is 19.8. The van der Waals surface area contributed by atoms with Gasteiger partial charge in [-0.15, -0.1) is 0 Å². The molecule has 6 heterocycles. The molecule has 2 aliphatic heterocycles. The quantitative estimate of drug-likeness (QED) is 0.0448. The molecule has 1 aliphatic carbocycles. The lowest BCUT2D eigenvalue weighted by Gasteiger charge is -2.54. The highest BCUT2D eigenvalue weighted by atomic mass is 16.6. The number of rotatable bonds is 19. The molecule has 0 radical (unpaired) electrons. The number of carbonyl (C=O) groups is 5. The number of aryl methyl sites for hydroxylation is 4. The van der Waals surface area contributed by atoms with Gasteiger partial charge in [-0.3, -0.25) is 53.7 Å². The molecule has 5 aromatic rings.